The van der Waals surface area contributed by atoms with Crippen LogP contribution in [0, 0.1) is 0 Å². The van der Waals surface area contributed by atoms with Crippen molar-refractivity contribution in [3.05, 3.63) is 4.88 Å². The predicted octanol–water partition coefficient (Wildman–Crippen LogP) is 3.02. The molecule has 1 rings (SSSR count). The fourth-order valence-corrected chi connectivity index (χ4v) is 3.42. The molecule has 96 valence electrons. The minimum atomic E-state index is -0.413. The normalized spacial score (nSPS) is 10.6. The van der Waals surface area contributed by atoms with E-state index in [1.807, 2.05) is 20.8 Å². The van der Waals surface area contributed by atoms with E-state index >= 15 is 0 Å². The molecule has 1 aromatic heterocycles. The molecule has 0 spiro atoms. The average molecular weight is 275 g/mol. The Labute approximate surface area is 109 Å². The monoisotopic (exact) mass is 275 g/mol. The lowest BCUT2D eigenvalue weighted by Crippen LogP contribution is -2.08. The van der Waals surface area contributed by atoms with Crippen LogP contribution in [0.2, 0.25) is 0 Å². The van der Waals surface area contributed by atoms with Gasteiger partial charge in [-0.25, -0.2) is 4.79 Å². The quantitative estimate of drug-likeness (QED) is 0.661. The summed E-state index contributed by atoms with van der Waals surface area (Å²) in [7, 11) is 1.34. The van der Waals surface area contributed by atoms with Gasteiger partial charge in [0.05, 0.1) is 13.2 Å². The second-order valence-electron chi connectivity index (χ2n) is 3.55. The van der Waals surface area contributed by atoms with E-state index in [1.165, 1.54) is 18.4 Å². The molecular formula is C11H17NO3S2. The van der Waals surface area contributed by atoms with E-state index in [1.54, 1.807) is 11.8 Å². The zero-order valence-corrected chi connectivity index (χ0v) is 12.0. The van der Waals surface area contributed by atoms with E-state index < -0.39 is 5.97 Å². The smallest absolute Gasteiger partial charge is 0.350 e. The molecule has 1 heterocycles. The molecule has 0 saturated carbocycles. The molecule has 0 unspecified atom stereocenters. The summed E-state index contributed by atoms with van der Waals surface area (Å²) in [5, 5.41) is 0. The average Bonchev–Trinajstić information content (AvgIpc) is 2.57. The summed E-state index contributed by atoms with van der Waals surface area (Å²) in [5.74, 6) is 1.09. The highest BCUT2D eigenvalue weighted by Crippen LogP contribution is 2.44. The zero-order chi connectivity index (χ0) is 13.0. The van der Waals surface area contributed by atoms with Gasteiger partial charge >= 0.3 is 5.97 Å². The summed E-state index contributed by atoms with van der Waals surface area (Å²) in [6, 6.07) is 0. The molecule has 1 aromatic rings. The van der Waals surface area contributed by atoms with Crippen LogP contribution in [0.1, 0.15) is 30.4 Å². The fraction of sp³-hybridized carbons (Fsp3) is 0.545. The van der Waals surface area contributed by atoms with Crippen LogP contribution in [0.3, 0.4) is 0 Å². The van der Waals surface area contributed by atoms with Gasteiger partial charge in [0.2, 0.25) is 0 Å². The van der Waals surface area contributed by atoms with Gasteiger partial charge in [-0.1, -0.05) is 6.92 Å². The molecule has 0 aromatic carbocycles. The molecule has 0 aliphatic rings. The summed E-state index contributed by atoms with van der Waals surface area (Å²) in [6.07, 6.45) is 0.0219. The lowest BCUT2D eigenvalue weighted by Gasteiger charge is -2.10. The van der Waals surface area contributed by atoms with Crippen LogP contribution in [0.15, 0.2) is 4.21 Å². The third kappa shape index (κ3) is 3.29. The number of ether oxygens (including phenoxy) is 2. The Kier molecular flexibility index (Phi) is 5.14. The number of thiophene rings is 1. The molecule has 0 saturated heterocycles. The molecule has 0 atom stereocenters. The first-order chi connectivity index (χ1) is 8.01. The van der Waals surface area contributed by atoms with Crippen LogP contribution in [-0.4, -0.2) is 24.9 Å². The van der Waals surface area contributed by atoms with Gasteiger partial charge in [0.25, 0.3) is 0 Å². The second kappa shape index (κ2) is 6.16. The van der Waals surface area contributed by atoms with Crippen LogP contribution in [0.5, 0.6) is 5.75 Å². The Morgan fingerprint density at radius 3 is 2.65 bits per heavy atom. The molecule has 0 amide bonds. The van der Waals surface area contributed by atoms with Crippen LogP contribution in [-0.2, 0) is 4.74 Å². The Bertz CT molecular complexity index is 402. The predicted molar refractivity (Wildman–Crippen MR) is 72.2 cm³/mol. The summed E-state index contributed by atoms with van der Waals surface area (Å²) >= 11 is 2.94. The molecule has 0 bridgehead atoms. The molecule has 0 aliphatic carbocycles. The van der Waals surface area contributed by atoms with Crippen LogP contribution in [0.4, 0.5) is 5.69 Å². The minimum Gasteiger partial charge on any atom is -0.487 e. The first kappa shape index (κ1) is 14.2. The van der Waals surface area contributed by atoms with Crippen molar-refractivity contribution >= 4 is 34.8 Å². The van der Waals surface area contributed by atoms with E-state index in [0.717, 1.165) is 9.96 Å². The number of nitrogen functional groups attached to an aromatic ring is 1. The number of anilines is 1. The molecule has 0 aliphatic heterocycles. The lowest BCUT2D eigenvalue weighted by atomic mass is 10.3. The fourth-order valence-electron chi connectivity index (χ4n) is 1.22. The van der Waals surface area contributed by atoms with Gasteiger partial charge in [-0.3, -0.25) is 0 Å². The summed E-state index contributed by atoms with van der Waals surface area (Å²) in [6.45, 7) is 5.89. The summed E-state index contributed by atoms with van der Waals surface area (Å²) < 4.78 is 11.3. The van der Waals surface area contributed by atoms with Crippen molar-refractivity contribution in [2.24, 2.45) is 0 Å². The van der Waals surface area contributed by atoms with Gasteiger partial charge in [0, 0.05) is 0 Å². The molecule has 17 heavy (non-hydrogen) atoms. The van der Waals surface area contributed by atoms with Crippen molar-refractivity contribution in [1.29, 1.82) is 0 Å². The van der Waals surface area contributed by atoms with Gasteiger partial charge < -0.3 is 15.2 Å². The number of methoxy groups -OCH3 is 1. The van der Waals surface area contributed by atoms with Gasteiger partial charge in [0.1, 0.15) is 14.8 Å². The number of carbonyl (C=O) groups is 1. The number of thioether (sulfide) groups is 1. The first-order valence-electron chi connectivity index (χ1n) is 5.31. The highest BCUT2D eigenvalue weighted by molar-refractivity contribution is 8.01. The number of hydrogen-bond acceptors (Lipinski definition) is 6. The largest absolute Gasteiger partial charge is 0.487 e. The van der Waals surface area contributed by atoms with Crippen molar-refractivity contribution in [2.45, 2.75) is 31.1 Å². The van der Waals surface area contributed by atoms with E-state index in [-0.39, 0.29) is 6.10 Å². The third-order valence-corrected chi connectivity index (χ3v) is 4.17. The third-order valence-electron chi connectivity index (χ3n) is 1.87. The maximum absolute atomic E-state index is 11.5. The van der Waals surface area contributed by atoms with Gasteiger partial charge in [-0.2, -0.15) is 0 Å². The molecule has 6 heteroatoms. The molecule has 4 nitrogen and oxygen atoms in total. The molecule has 0 radical (unpaired) electrons. The van der Waals surface area contributed by atoms with Crippen molar-refractivity contribution in [3.63, 3.8) is 0 Å². The first-order valence-corrected chi connectivity index (χ1v) is 7.11. The Morgan fingerprint density at radius 2 is 2.18 bits per heavy atom. The Hall–Kier alpha value is -0.880. The van der Waals surface area contributed by atoms with Crippen molar-refractivity contribution in [3.8, 4) is 5.75 Å². The van der Waals surface area contributed by atoms with Crippen LogP contribution >= 0.6 is 23.1 Å². The Balaban J connectivity index is 3.15. The number of nitrogens with two attached hydrogens (primary N) is 1. The maximum Gasteiger partial charge on any atom is 0.350 e. The summed E-state index contributed by atoms with van der Waals surface area (Å²) in [5.41, 5.74) is 6.31. The van der Waals surface area contributed by atoms with Gasteiger partial charge in [-0.05, 0) is 19.6 Å². The SMILES string of the molecule is CCSc1sc(C(=O)OC)c(N)c1OC(C)C. The highest BCUT2D eigenvalue weighted by Gasteiger charge is 2.23. The summed E-state index contributed by atoms with van der Waals surface area (Å²) in [4.78, 5) is 11.9. The second-order valence-corrected chi connectivity index (χ2v) is 6.11. The van der Waals surface area contributed by atoms with E-state index in [0.29, 0.717) is 16.3 Å². The number of carbonyl (C=O) groups excluding carboxylic acids is 1. The van der Waals surface area contributed by atoms with Crippen molar-refractivity contribution in [2.75, 3.05) is 18.6 Å². The van der Waals surface area contributed by atoms with Gasteiger partial charge in [-0.15, -0.1) is 23.1 Å². The van der Waals surface area contributed by atoms with Crippen molar-refractivity contribution in [1.82, 2.24) is 0 Å². The minimum absolute atomic E-state index is 0.0219. The van der Waals surface area contributed by atoms with E-state index in [9.17, 15) is 4.79 Å². The van der Waals surface area contributed by atoms with Gasteiger partial charge in [0.15, 0.2) is 5.75 Å². The highest BCUT2D eigenvalue weighted by atomic mass is 32.2. The Morgan fingerprint density at radius 1 is 1.53 bits per heavy atom. The maximum atomic E-state index is 11.5. The number of hydrogen-bond donors (Lipinski definition) is 1. The topological polar surface area (TPSA) is 61.5 Å². The molecule has 2 N–H and O–H groups in total. The van der Waals surface area contributed by atoms with Crippen LogP contribution < -0.4 is 10.5 Å². The molecule has 0 fully saturated rings. The zero-order valence-electron chi connectivity index (χ0n) is 10.4. The molecular weight excluding hydrogens is 258 g/mol. The van der Waals surface area contributed by atoms with Crippen molar-refractivity contribution < 1.29 is 14.3 Å². The number of esters is 1. The van der Waals surface area contributed by atoms with Crippen LogP contribution in [0.25, 0.3) is 0 Å². The van der Waals surface area contributed by atoms with E-state index in [2.05, 4.69) is 0 Å². The van der Waals surface area contributed by atoms with E-state index in [4.69, 9.17) is 15.2 Å². The number of rotatable bonds is 5. The lowest BCUT2D eigenvalue weighted by molar-refractivity contribution is 0.0607. The standard InChI is InChI=1S/C11H17NO3S2/c1-5-16-11-8(15-6(2)3)7(12)9(17-11)10(13)14-4/h6H,5,12H2,1-4H3.